The van der Waals surface area contributed by atoms with E-state index in [1.54, 1.807) is 12.1 Å². The lowest BCUT2D eigenvalue weighted by Gasteiger charge is -2.21. The van der Waals surface area contributed by atoms with Crippen molar-refractivity contribution in [3.63, 3.8) is 0 Å². The Balaban J connectivity index is 2.62. The van der Waals surface area contributed by atoms with Gasteiger partial charge >= 0.3 is 5.97 Å². The number of hydrogen-bond acceptors (Lipinski definition) is 3. The first-order chi connectivity index (χ1) is 7.41. The van der Waals surface area contributed by atoms with Crippen molar-refractivity contribution in [2.75, 3.05) is 7.05 Å². The number of nitrogens with zero attached hydrogens (tertiary/aromatic N) is 1. The maximum atomic E-state index is 11.7. The third-order valence-corrected chi connectivity index (χ3v) is 3.52. The number of rotatable bonds is 4. The predicted octanol–water partition coefficient (Wildman–Crippen LogP) is 1.88. The van der Waals surface area contributed by atoms with E-state index in [1.165, 1.54) is 30.2 Å². The Hall–Kier alpha value is -1.07. The molecule has 1 N–H and O–H groups in total. The molecule has 0 aliphatic rings. The van der Waals surface area contributed by atoms with E-state index in [2.05, 4.69) is 0 Å². The number of carboxylic acids is 1. The van der Waals surface area contributed by atoms with Gasteiger partial charge in [0.2, 0.25) is 5.91 Å². The highest BCUT2D eigenvalue weighted by atomic mass is 35.5. The molecular formula is C10H12ClNO3S. The highest BCUT2D eigenvalue weighted by Crippen LogP contribution is 2.22. The van der Waals surface area contributed by atoms with Crippen LogP contribution < -0.4 is 0 Å². The zero-order valence-corrected chi connectivity index (χ0v) is 10.5. The average molecular weight is 262 g/mol. The van der Waals surface area contributed by atoms with Gasteiger partial charge < -0.3 is 10.0 Å². The van der Waals surface area contributed by atoms with Crippen molar-refractivity contribution < 1.29 is 14.7 Å². The quantitative estimate of drug-likeness (QED) is 0.900. The maximum Gasteiger partial charge on any atom is 0.326 e. The molecule has 1 amide bonds. The molecule has 0 aliphatic heterocycles. The standard InChI is InChI=1S/C10H12ClNO3S/c1-6(10(14)15)12(2)9(13)5-7-3-4-8(11)16-7/h3-4,6H,5H2,1-2H3,(H,14,15). The summed E-state index contributed by atoms with van der Waals surface area (Å²) >= 11 is 7.06. The van der Waals surface area contributed by atoms with E-state index in [4.69, 9.17) is 16.7 Å². The van der Waals surface area contributed by atoms with Crippen LogP contribution in [0.25, 0.3) is 0 Å². The minimum Gasteiger partial charge on any atom is -0.480 e. The van der Waals surface area contributed by atoms with Crippen LogP contribution in [0.1, 0.15) is 11.8 Å². The van der Waals surface area contributed by atoms with Gasteiger partial charge in [-0.05, 0) is 19.1 Å². The van der Waals surface area contributed by atoms with Crippen LogP contribution in [0.15, 0.2) is 12.1 Å². The number of carboxylic acid groups (broad SMARTS) is 1. The van der Waals surface area contributed by atoms with Gasteiger partial charge in [0, 0.05) is 11.9 Å². The molecule has 1 heterocycles. The number of likely N-dealkylation sites (N-methyl/N-ethyl adjacent to an activating group) is 1. The zero-order valence-electron chi connectivity index (χ0n) is 8.94. The Morgan fingerprint density at radius 2 is 2.19 bits per heavy atom. The number of hydrogen-bond donors (Lipinski definition) is 1. The second-order valence-electron chi connectivity index (χ2n) is 3.40. The smallest absolute Gasteiger partial charge is 0.326 e. The first kappa shape index (κ1) is 13.0. The third-order valence-electron chi connectivity index (χ3n) is 2.29. The molecule has 0 bridgehead atoms. The molecule has 0 aromatic carbocycles. The number of carbonyl (C=O) groups is 2. The second kappa shape index (κ2) is 5.32. The molecule has 0 radical (unpaired) electrons. The summed E-state index contributed by atoms with van der Waals surface area (Å²) in [7, 11) is 1.48. The van der Waals surface area contributed by atoms with Crippen LogP contribution in [0.2, 0.25) is 4.34 Å². The van der Waals surface area contributed by atoms with Gasteiger partial charge in [0.1, 0.15) is 6.04 Å². The molecule has 16 heavy (non-hydrogen) atoms. The topological polar surface area (TPSA) is 57.6 Å². The fraction of sp³-hybridized carbons (Fsp3) is 0.400. The number of carbonyl (C=O) groups excluding carboxylic acids is 1. The van der Waals surface area contributed by atoms with Crippen LogP contribution in [-0.2, 0) is 16.0 Å². The lowest BCUT2D eigenvalue weighted by Crippen LogP contribution is -2.40. The highest BCUT2D eigenvalue weighted by Gasteiger charge is 2.21. The molecule has 6 heteroatoms. The first-order valence-electron chi connectivity index (χ1n) is 4.64. The highest BCUT2D eigenvalue weighted by molar-refractivity contribution is 7.16. The van der Waals surface area contributed by atoms with Gasteiger partial charge in [-0.25, -0.2) is 4.79 Å². The monoisotopic (exact) mass is 261 g/mol. The second-order valence-corrected chi connectivity index (χ2v) is 5.20. The van der Waals surface area contributed by atoms with Crippen molar-refractivity contribution in [1.82, 2.24) is 4.90 Å². The fourth-order valence-electron chi connectivity index (χ4n) is 1.10. The van der Waals surface area contributed by atoms with Gasteiger partial charge in [-0.2, -0.15) is 0 Å². The lowest BCUT2D eigenvalue weighted by atomic mass is 10.2. The van der Waals surface area contributed by atoms with Crippen LogP contribution in [0.4, 0.5) is 0 Å². The maximum absolute atomic E-state index is 11.7. The van der Waals surface area contributed by atoms with E-state index < -0.39 is 12.0 Å². The first-order valence-corrected chi connectivity index (χ1v) is 5.84. The van der Waals surface area contributed by atoms with E-state index in [0.29, 0.717) is 4.34 Å². The van der Waals surface area contributed by atoms with Gasteiger partial charge in [0.05, 0.1) is 10.8 Å². The Morgan fingerprint density at radius 3 is 2.62 bits per heavy atom. The summed E-state index contributed by atoms with van der Waals surface area (Å²) in [6.07, 6.45) is 0.186. The van der Waals surface area contributed by atoms with E-state index in [1.807, 2.05) is 0 Å². The summed E-state index contributed by atoms with van der Waals surface area (Å²) < 4.78 is 0.622. The molecule has 0 aliphatic carbocycles. The molecule has 0 fully saturated rings. The molecule has 1 atom stereocenters. The van der Waals surface area contributed by atoms with E-state index in [9.17, 15) is 9.59 Å². The van der Waals surface area contributed by atoms with Crippen LogP contribution in [-0.4, -0.2) is 35.0 Å². The molecule has 0 spiro atoms. The summed E-state index contributed by atoms with van der Waals surface area (Å²) in [4.78, 5) is 24.4. The van der Waals surface area contributed by atoms with Crippen molar-refractivity contribution >= 4 is 34.8 Å². The predicted molar refractivity (Wildman–Crippen MR) is 62.9 cm³/mol. The van der Waals surface area contributed by atoms with Crippen molar-refractivity contribution in [3.8, 4) is 0 Å². The number of aliphatic carboxylic acids is 1. The van der Waals surface area contributed by atoms with Gasteiger partial charge in [0.15, 0.2) is 0 Å². The molecule has 0 saturated heterocycles. The molecule has 1 rings (SSSR count). The molecule has 4 nitrogen and oxygen atoms in total. The summed E-state index contributed by atoms with van der Waals surface area (Å²) in [6, 6.07) is 2.67. The summed E-state index contributed by atoms with van der Waals surface area (Å²) in [5, 5.41) is 8.76. The van der Waals surface area contributed by atoms with Crippen molar-refractivity contribution in [2.45, 2.75) is 19.4 Å². The Labute approximate surface area is 102 Å². The molecule has 88 valence electrons. The molecule has 0 saturated carbocycles. The minimum atomic E-state index is -1.01. The fourth-order valence-corrected chi connectivity index (χ4v) is 2.18. The van der Waals surface area contributed by atoms with E-state index in [-0.39, 0.29) is 12.3 Å². The largest absolute Gasteiger partial charge is 0.480 e. The van der Waals surface area contributed by atoms with Crippen LogP contribution in [0.5, 0.6) is 0 Å². The molecule has 1 aromatic rings. The average Bonchev–Trinajstić information content (AvgIpc) is 2.61. The van der Waals surface area contributed by atoms with Crippen LogP contribution in [0, 0.1) is 0 Å². The molecular weight excluding hydrogens is 250 g/mol. The van der Waals surface area contributed by atoms with Gasteiger partial charge in [-0.1, -0.05) is 11.6 Å². The van der Waals surface area contributed by atoms with Crippen LogP contribution >= 0.6 is 22.9 Å². The number of halogens is 1. The van der Waals surface area contributed by atoms with Crippen molar-refractivity contribution in [2.24, 2.45) is 0 Å². The van der Waals surface area contributed by atoms with Crippen molar-refractivity contribution in [3.05, 3.63) is 21.3 Å². The number of amides is 1. The normalized spacial score (nSPS) is 12.2. The molecule has 1 unspecified atom stereocenters. The summed E-state index contributed by atoms with van der Waals surface area (Å²) in [6.45, 7) is 1.47. The SMILES string of the molecule is CC(C(=O)O)N(C)C(=O)Cc1ccc(Cl)s1. The van der Waals surface area contributed by atoms with Gasteiger partial charge in [-0.15, -0.1) is 11.3 Å². The third kappa shape index (κ3) is 3.21. The lowest BCUT2D eigenvalue weighted by molar-refractivity contribution is -0.147. The minimum absolute atomic E-state index is 0.186. The van der Waals surface area contributed by atoms with Crippen LogP contribution in [0.3, 0.4) is 0 Å². The Morgan fingerprint density at radius 1 is 1.56 bits per heavy atom. The summed E-state index contributed by atoms with van der Waals surface area (Å²) in [5.41, 5.74) is 0. The molecule has 1 aromatic heterocycles. The Bertz CT molecular complexity index is 405. The van der Waals surface area contributed by atoms with Crippen molar-refractivity contribution in [1.29, 1.82) is 0 Å². The summed E-state index contributed by atoms with van der Waals surface area (Å²) in [5.74, 6) is -1.24. The number of thiophene rings is 1. The zero-order chi connectivity index (χ0) is 12.3. The Kier molecular flexibility index (Phi) is 4.32. The van der Waals surface area contributed by atoms with E-state index >= 15 is 0 Å². The van der Waals surface area contributed by atoms with Gasteiger partial charge in [0.25, 0.3) is 0 Å². The van der Waals surface area contributed by atoms with Gasteiger partial charge in [-0.3, -0.25) is 4.79 Å². The van der Waals surface area contributed by atoms with E-state index in [0.717, 1.165) is 4.88 Å².